The van der Waals surface area contributed by atoms with Gasteiger partial charge in [-0.05, 0) is 157 Å². The van der Waals surface area contributed by atoms with Crippen molar-refractivity contribution in [3.8, 4) is 22.3 Å². The van der Waals surface area contributed by atoms with E-state index in [4.69, 9.17) is 26.0 Å². The van der Waals surface area contributed by atoms with Crippen LogP contribution in [0.2, 0.25) is 0 Å². The molecular formula is C73H78F8N8O4S2. The van der Waals surface area contributed by atoms with Crippen LogP contribution >= 0.6 is 23.5 Å². The standard InChI is InChI=1S/C37H40F4N4O2S.C36H38F4N4O2S/c1-4-43(5-2)18-19-44(22-26-6-10-28(11-7-26)29-12-14-30(15-13-29)37(39,40)41)34(46)23-45-33-21-25(3)20-32(33)35(47)42-36(45)48-24-27-8-16-31(38)17-9-27;1-3-42(4-2)20-21-43(22-25-8-12-27(13-9-25)28-14-16-29(17-15-28)36(38,39)40)33(45)23-44-32-7-5-6-31(32)34(46)41-35(44)47-24-26-10-18-30(37)19-11-26/h6-17,25H,4-5,18-24H2,1-3H3;8-19H,3-7,20-24H2,1-2H3/i4D2,5D2,18D2,19D2,20D2,21D2,23D2,25D;3D2,4D2,20D2,21D2,23D2. The van der Waals surface area contributed by atoms with Crippen LogP contribution in [0.4, 0.5) is 35.1 Å². The molecule has 8 aromatic rings. The molecule has 0 aliphatic heterocycles. The van der Waals surface area contributed by atoms with Crippen molar-refractivity contribution in [1.82, 2.24) is 38.7 Å². The lowest BCUT2D eigenvalue weighted by Gasteiger charge is -2.28. The van der Waals surface area contributed by atoms with Crippen LogP contribution in [-0.2, 0) is 85.1 Å². The van der Waals surface area contributed by atoms with Gasteiger partial charge in [0.15, 0.2) is 10.3 Å². The average molecular weight is 1370 g/mol. The zero-order chi connectivity index (χ0) is 90.4. The largest absolute Gasteiger partial charge is 0.416 e. The lowest BCUT2D eigenvalue weighted by atomic mass is 10.0. The Morgan fingerprint density at radius 2 is 0.874 bits per heavy atom. The molecule has 6 aromatic carbocycles. The SMILES string of the molecule is [2H]C([2H])(C)N(C([2H])([2H])C)C([2H])([2H])C([2H])([2H])N(Cc1ccc(-c2ccc(C(F)(F)F)cc2)cc1)C(=O)C([2H])([2H])n1c(SCc2ccc(F)cc2)nc(=O)c2c1C([2H])([2H])C([2H])(C)C2([2H])[2H].[2H]C([2H])(C)N(C([2H])([2H])C)C([2H])([2H])C([2H])([2H])N(Cc1ccc(-c2ccc(C(F)(F)F)cc2)cc1)C(=O)C([2H])([2H])n1c(SCc2ccc(F)cc2)nc(=O)c2c1CCC2. The summed E-state index contributed by atoms with van der Waals surface area (Å²) in [5.41, 5.74) is -3.65. The summed E-state index contributed by atoms with van der Waals surface area (Å²) < 4.78 is 328. The number of hydrogen-bond donors (Lipinski definition) is 0. The van der Waals surface area contributed by atoms with Crippen LogP contribution < -0.4 is 11.1 Å². The number of alkyl halides is 6. The van der Waals surface area contributed by atoms with E-state index in [1.165, 1.54) is 109 Å². The summed E-state index contributed by atoms with van der Waals surface area (Å²) in [5.74, 6) is -7.98. The van der Waals surface area contributed by atoms with Gasteiger partial charge in [0.05, 0.1) is 22.1 Å². The Labute approximate surface area is 592 Å². The van der Waals surface area contributed by atoms with Gasteiger partial charge in [0, 0.05) is 96.4 Å². The molecule has 502 valence electrons. The average Bonchev–Trinajstić information content (AvgIpc) is 1.51. The molecule has 10 rings (SSSR count). The van der Waals surface area contributed by atoms with E-state index >= 15 is 4.79 Å². The molecule has 0 N–H and O–H groups in total. The smallest absolute Gasteiger partial charge is 0.336 e. The molecule has 0 bridgehead atoms. The molecule has 95 heavy (non-hydrogen) atoms. The van der Waals surface area contributed by atoms with E-state index in [1.54, 1.807) is 0 Å². The molecule has 1 atom stereocenters. The lowest BCUT2D eigenvalue weighted by Crippen LogP contribution is -2.40. The first-order chi connectivity index (χ1) is 54.6. The summed E-state index contributed by atoms with van der Waals surface area (Å²) in [4.78, 5) is 64.5. The predicted molar refractivity (Wildman–Crippen MR) is 358 cm³/mol. The van der Waals surface area contributed by atoms with Gasteiger partial charge in [0.25, 0.3) is 11.1 Å². The fraction of sp³-hybridized carbons (Fsp3) is 0.370. The van der Waals surface area contributed by atoms with Crippen LogP contribution in [0, 0.1) is 17.5 Å². The van der Waals surface area contributed by atoms with Gasteiger partial charge in [-0.3, -0.25) is 19.2 Å². The van der Waals surface area contributed by atoms with E-state index < -0.39 is 171 Å². The van der Waals surface area contributed by atoms with Crippen LogP contribution in [0.5, 0.6) is 0 Å². The van der Waals surface area contributed by atoms with Crippen molar-refractivity contribution in [3.63, 3.8) is 0 Å². The Morgan fingerprint density at radius 1 is 0.516 bits per heavy atom. The first-order valence-electron chi connectivity index (χ1n) is 41.5. The number of rotatable bonds is 26. The highest BCUT2D eigenvalue weighted by Crippen LogP contribution is 2.35. The zero-order valence-corrected chi connectivity index (χ0v) is 53.0. The summed E-state index contributed by atoms with van der Waals surface area (Å²) in [5, 5.41) is -1.07. The number of halogens is 8. The monoisotopic (exact) mass is 1370 g/mol. The Hall–Kier alpha value is -7.92. The number of benzene rings is 6. The van der Waals surface area contributed by atoms with Crippen molar-refractivity contribution in [1.29, 1.82) is 0 Å². The number of aromatic nitrogens is 4. The van der Waals surface area contributed by atoms with Gasteiger partial charge in [0.2, 0.25) is 11.8 Å². The minimum atomic E-state index is -4.62. The number of amides is 2. The molecule has 1 unspecified atom stereocenters. The number of thioether (sulfide) groups is 2. The molecule has 2 aliphatic rings. The maximum absolute atomic E-state index is 15.1. The van der Waals surface area contributed by atoms with Crippen LogP contribution in [0.3, 0.4) is 0 Å². The van der Waals surface area contributed by atoms with Gasteiger partial charge >= 0.3 is 12.4 Å². The highest BCUT2D eigenvalue weighted by molar-refractivity contribution is 7.98. The molecule has 0 saturated heterocycles. The van der Waals surface area contributed by atoms with Crippen molar-refractivity contribution < 1.29 is 79.0 Å². The summed E-state index contributed by atoms with van der Waals surface area (Å²) in [6, 6.07) is 29.2. The second-order valence-electron chi connectivity index (χ2n) is 20.8. The van der Waals surface area contributed by atoms with E-state index in [1.807, 2.05) is 0 Å². The molecule has 0 saturated carbocycles. The van der Waals surface area contributed by atoms with Gasteiger partial charge in [-0.2, -0.15) is 36.3 Å². The predicted octanol–water partition coefficient (Wildman–Crippen LogP) is 14.7. The fourth-order valence-electron chi connectivity index (χ4n) is 9.50. The Morgan fingerprint density at radius 3 is 1.25 bits per heavy atom. The van der Waals surface area contributed by atoms with Crippen LogP contribution in [-0.4, -0.2) is 102 Å². The van der Waals surface area contributed by atoms with Crippen molar-refractivity contribution in [3.05, 3.63) is 234 Å². The van der Waals surface area contributed by atoms with Gasteiger partial charge in [-0.15, -0.1) is 0 Å². The number of fused-ring (bicyclic) bond motifs is 2. The summed E-state index contributed by atoms with van der Waals surface area (Å²) >= 11 is 1.36. The van der Waals surface area contributed by atoms with Crippen molar-refractivity contribution >= 4 is 35.3 Å². The number of carbonyl (C=O) groups excluding carboxylic acids is 2. The van der Waals surface area contributed by atoms with Crippen molar-refractivity contribution in [2.24, 2.45) is 5.89 Å². The van der Waals surface area contributed by atoms with Crippen molar-refractivity contribution in [2.75, 3.05) is 52.0 Å². The van der Waals surface area contributed by atoms with Gasteiger partial charge < -0.3 is 28.7 Å². The molecule has 22 heteroatoms. The Kier molecular flexibility index (Phi) is 15.4. The third kappa shape index (κ3) is 19.2. The fourth-order valence-corrected chi connectivity index (χ4v) is 11.3. The maximum atomic E-state index is 15.1. The molecule has 12 nitrogen and oxygen atoms in total. The molecule has 2 aliphatic carbocycles. The van der Waals surface area contributed by atoms with Crippen molar-refractivity contribution in [2.45, 2.75) is 127 Å². The second kappa shape index (κ2) is 32.7. The highest BCUT2D eigenvalue weighted by Gasteiger charge is 2.33. The highest BCUT2D eigenvalue weighted by atomic mass is 32.2. The molecule has 2 amide bonds. The number of hydrogen-bond acceptors (Lipinski definition) is 10. The molecule has 2 aromatic heterocycles. The quantitative estimate of drug-likeness (QED) is 0.0295. The number of nitrogens with zero attached hydrogens (tertiary/aromatic N) is 8. The maximum Gasteiger partial charge on any atom is 0.416 e. The number of likely N-dealkylation sites (N-methyl/N-ethyl adjacent to an activating group) is 2. The summed E-state index contributed by atoms with van der Waals surface area (Å²) in [6.07, 6.45) is -15.0. The molecular weight excluding hydrogens is 1270 g/mol. The van der Waals surface area contributed by atoms with Gasteiger partial charge in [-0.1, -0.05) is 155 Å². The van der Waals surface area contributed by atoms with Crippen LogP contribution in [0.25, 0.3) is 22.3 Å². The Bertz CT molecular complexity index is 5200. The van der Waals surface area contributed by atoms with E-state index in [0.29, 0.717) is 59.8 Å². The number of carbonyl (C=O) groups is 2. The second-order valence-corrected chi connectivity index (χ2v) is 22.7. The molecule has 0 radical (unpaired) electrons. The summed E-state index contributed by atoms with van der Waals surface area (Å²) in [6.45, 7) is -32.4. The van der Waals surface area contributed by atoms with Gasteiger partial charge in [0.1, 0.15) is 24.6 Å². The Balaban J connectivity index is 0.000000274. The molecule has 0 spiro atoms. The lowest BCUT2D eigenvalue weighted by molar-refractivity contribution is -0.138. The third-order valence-electron chi connectivity index (χ3n) is 14.4. The van der Waals surface area contributed by atoms with E-state index in [-0.39, 0.29) is 81.6 Å². The minimum absolute atomic E-state index is 0.0286. The first kappa shape index (κ1) is 44.7. The van der Waals surface area contributed by atoms with E-state index in [0.717, 1.165) is 73.5 Å². The summed E-state index contributed by atoms with van der Waals surface area (Å²) in [7, 11) is 0. The zero-order valence-electron chi connectivity index (χ0n) is 76.4. The topological polar surface area (TPSA) is 117 Å². The van der Waals surface area contributed by atoms with E-state index in [9.17, 15) is 57.7 Å². The van der Waals surface area contributed by atoms with Gasteiger partial charge in [-0.25, -0.2) is 8.78 Å². The molecule has 2 heterocycles. The third-order valence-corrected chi connectivity index (χ3v) is 16.4. The minimum Gasteiger partial charge on any atom is -0.336 e. The van der Waals surface area contributed by atoms with Crippen LogP contribution in [0.1, 0.15) is 131 Å². The van der Waals surface area contributed by atoms with Crippen LogP contribution in [0.15, 0.2) is 165 Å². The van der Waals surface area contributed by atoms with E-state index in [2.05, 4.69) is 9.97 Å². The first-order valence-corrected chi connectivity index (χ1v) is 30.9. The molecule has 0 fully saturated rings. The normalized spacial score (nSPS) is 20.9.